The molecule has 5 heteroatoms. The number of nitrogens with zero attached hydrogens (tertiary/aromatic N) is 2. The van der Waals surface area contributed by atoms with E-state index in [0.717, 1.165) is 11.3 Å². The second-order valence-corrected chi connectivity index (χ2v) is 4.21. The Labute approximate surface area is 106 Å². The third kappa shape index (κ3) is 2.20. The zero-order chi connectivity index (χ0) is 13.3. The fraction of sp³-hybridized carbons (Fsp3) is 0.231. The van der Waals surface area contributed by atoms with E-state index in [1.807, 2.05) is 39.1 Å². The minimum absolute atomic E-state index is 0.00686. The van der Waals surface area contributed by atoms with Gasteiger partial charge in [0.25, 0.3) is 0 Å². The van der Waals surface area contributed by atoms with Gasteiger partial charge in [-0.2, -0.15) is 5.10 Å². The largest absolute Gasteiger partial charge is 0.438 e. The Balaban J connectivity index is 2.45. The number of nitrogens with one attached hydrogen (secondary N) is 1. The Morgan fingerprint density at radius 1 is 1.39 bits per heavy atom. The van der Waals surface area contributed by atoms with Crippen LogP contribution < -0.4 is 10.5 Å². The highest BCUT2D eigenvalue weighted by atomic mass is 16.5. The van der Waals surface area contributed by atoms with Gasteiger partial charge in [0.1, 0.15) is 11.6 Å². The van der Waals surface area contributed by atoms with Gasteiger partial charge in [0.2, 0.25) is 5.88 Å². The summed E-state index contributed by atoms with van der Waals surface area (Å²) in [6.45, 7) is 3.82. The van der Waals surface area contributed by atoms with Gasteiger partial charge < -0.3 is 10.5 Å². The maximum absolute atomic E-state index is 7.57. The fourth-order valence-corrected chi connectivity index (χ4v) is 1.79. The van der Waals surface area contributed by atoms with E-state index >= 15 is 0 Å². The lowest BCUT2D eigenvalue weighted by molar-refractivity contribution is 0.427. The summed E-state index contributed by atoms with van der Waals surface area (Å²) in [4.78, 5) is 0. The van der Waals surface area contributed by atoms with Crippen molar-refractivity contribution in [2.45, 2.75) is 13.8 Å². The number of amidine groups is 1. The van der Waals surface area contributed by atoms with Gasteiger partial charge in [0.05, 0.1) is 11.3 Å². The van der Waals surface area contributed by atoms with Crippen molar-refractivity contribution in [3.63, 3.8) is 0 Å². The molecular weight excluding hydrogens is 228 g/mol. The molecule has 0 radical (unpaired) electrons. The molecule has 0 spiro atoms. The predicted molar refractivity (Wildman–Crippen MR) is 70.2 cm³/mol. The molecule has 5 nitrogen and oxygen atoms in total. The molecule has 2 rings (SSSR count). The highest BCUT2D eigenvalue weighted by molar-refractivity contribution is 5.98. The molecule has 1 aromatic heterocycles. The number of nitrogen functional groups attached to an aromatic ring is 1. The molecule has 0 aliphatic rings. The summed E-state index contributed by atoms with van der Waals surface area (Å²) in [6.07, 6.45) is 0. The number of ether oxygens (including phenoxy) is 1. The zero-order valence-corrected chi connectivity index (χ0v) is 10.7. The van der Waals surface area contributed by atoms with Crippen LogP contribution in [0, 0.1) is 19.3 Å². The molecule has 0 atom stereocenters. The minimum atomic E-state index is -0.00686. The van der Waals surface area contributed by atoms with E-state index in [1.54, 1.807) is 10.7 Å². The first-order chi connectivity index (χ1) is 8.49. The standard InChI is InChI=1S/C13H16N4O/c1-8-5-4-6-10(13(14)15)12(8)18-11-7-9(2)16-17(11)3/h4-7H,1-3H3,(H3,14,15). The lowest BCUT2D eigenvalue weighted by Crippen LogP contribution is -2.13. The van der Waals surface area contributed by atoms with Crippen molar-refractivity contribution in [1.82, 2.24) is 9.78 Å². The molecule has 0 amide bonds. The smallest absolute Gasteiger partial charge is 0.217 e. The van der Waals surface area contributed by atoms with E-state index < -0.39 is 0 Å². The Kier molecular flexibility index (Phi) is 3.06. The van der Waals surface area contributed by atoms with Crippen LogP contribution in [0.1, 0.15) is 16.8 Å². The molecule has 0 aliphatic heterocycles. The molecule has 0 saturated carbocycles. The van der Waals surface area contributed by atoms with Gasteiger partial charge in [-0.15, -0.1) is 0 Å². The molecular formula is C13H16N4O. The normalized spacial score (nSPS) is 10.4. The highest BCUT2D eigenvalue weighted by Gasteiger charge is 2.12. The Bertz CT molecular complexity index is 601. The van der Waals surface area contributed by atoms with Crippen LogP contribution >= 0.6 is 0 Å². The molecule has 0 fully saturated rings. The number of aromatic nitrogens is 2. The molecule has 0 bridgehead atoms. The number of hydrogen-bond acceptors (Lipinski definition) is 3. The van der Waals surface area contributed by atoms with Crippen LogP contribution in [0.25, 0.3) is 0 Å². The van der Waals surface area contributed by atoms with E-state index in [9.17, 15) is 0 Å². The first-order valence-electron chi connectivity index (χ1n) is 5.61. The maximum Gasteiger partial charge on any atom is 0.217 e. The van der Waals surface area contributed by atoms with E-state index in [2.05, 4.69) is 5.10 Å². The van der Waals surface area contributed by atoms with Crippen LogP contribution in [0.4, 0.5) is 0 Å². The number of hydrogen-bond donors (Lipinski definition) is 2. The molecule has 3 N–H and O–H groups in total. The zero-order valence-electron chi connectivity index (χ0n) is 10.7. The van der Waals surface area contributed by atoms with Crippen molar-refractivity contribution >= 4 is 5.84 Å². The summed E-state index contributed by atoms with van der Waals surface area (Å²) in [5.41, 5.74) is 7.96. The van der Waals surface area contributed by atoms with E-state index in [-0.39, 0.29) is 5.84 Å². The van der Waals surface area contributed by atoms with Crippen molar-refractivity contribution in [1.29, 1.82) is 5.41 Å². The SMILES string of the molecule is Cc1cc(Oc2c(C)cccc2C(=N)N)n(C)n1. The van der Waals surface area contributed by atoms with Crippen LogP contribution in [0.5, 0.6) is 11.6 Å². The molecule has 0 unspecified atom stereocenters. The summed E-state index contributed by atoms with van der Waals surface area (Å²) in [5, 5.41) is 11.8. The lowest BCUT2D eigenvalue weighted by Gasteiger charge is -2.12. The average molecular weight is 244 g/mol. The highest BCUT2D eigenvalue weighted by Crippen LogP contribution is 2.28. The number of nitrogens with two attached hydrogens (primary N) is 1. The van der Waals surface area contributed by atoms with E-state index in [0.29, 0.717) is 17.2 Å². The van der Waals surface area contributed by atoms with Crippen LogP contribution in [0.15, 0.2) is 24.3 Å². The number of para-hydroxylation sites is 1. The Morgan fingerprint density at radius 3 is 2.67 bits per heavy atom. The number of benzene rings is 1. The van der Waals surface area contributed by atoms with Gasteiger partial charge >= 0.3 is 0 Å². The quantitative estimate of drug-likeness (QED) is 0.641. The first-order valence-corrected chi connectivity index (χ1v) is 5.61. The molecule has 94 valence electrons. The minimum Gasteiger partial charge on any atom is -0.438 e. The summed E-state index contributed by atoms with van der Waals surface area (Å²) in [6, 6.07) is 7.39. The molecule has 18 heavy (non-hydrogen) atoms. The van der Waals surface area contributed by atoms with Crippen LogP contribution in [0.3, 0.4) is 0 Å². The third-order valence-electron chi connectivity index (χ3n) is 2.67. The van der Waals surface area contributed by atoms with Crippen molar-refractivity contribution in [3.05, 3.63) is 41.1 Å². The summed E-state index contributed by atoms with van der Waals surface area (Å²) in [7, 11) is 1.81. The van der Waals surface area contributed by atoms with Gasteiger partial charge in [0, 0.05) is 13.1 Å². The average Bonchev–Trinajstić information content (AvgIpc) is 2.60. The molecule has 0 saturated heterocycles. The fourth-order valence-electron chi connectivity index (χ4n) is 1.79. The Hall–Kier alpha value is -2.30. The van der Waals surface area contributed by atoms with Gasteiger partial charge in [-0.1, -0.05) is 12.1 Å². The second-order valence-electron chi connectivity index (χ2n) is 4.21. The molecule has 0 aliphatic carbocycles. The van der Waals surface area contributed by atoms with Gasteiger partial charge in [-0.05, 0) is 25.5 Å². The molecule has 1 aromatic carbocycles. The maximum atomic E-state index is 7.57. The number of rotatable bonds is 3. The first kappa shape index (κ1) is 12.2. The number of aryl methyl sites for hydroxylation is 3. The van der Waals surface area contributed by atoms with Gasteiger partial charge in [-0.3, -0.25) is 5.41 Å². The van der Waals surface area contributed by atoms with Crippen molar-refractivity contribution < 1.29 is 4.74 Å². The van der Waals surface area contributed by atoms with E-state index in [1.165, 1.54) is 0 Å². The monoisotopic (exact) mass is 244 g/mol. The second kappa shape index (κ2) is 4.52. The van der Waals surface area contributed by atoms with Crippen molar-refractivity contribution in [2.24, 2.45) is 12.8 Å². The van der Waals surface area contributed by atoms with Gasteiger partial charge in [-0.25, -0.2) is 4.68 Å². The van der Waals surface area contributed by atoms with E-state index in [4.69, 9.17) is 15.9 Å². The molecule has 1 heterocycles. The summed E-state index contributed by atoms with van der Waals surface area (Å²) in [5.74, 6) is 1.23. The van der Waals surface area contributed by atoms with Crippen molar-refractivity contribution in [2.75, 3.05) is 0 Å². The Morgan fingerprint density at radius 2 is 2.11 bits per heavy atom. The predicted octanol–water partition coefficient (Wildman–Crippen LogP) is 2.11. The van der Waals surface area contributed by atoms with Crippen LogP contribution in [-0.4, -0.2) is 15.6 Å². The lowest BCUT2D eigenvalue weighted by atomic mass is 10.1. The van der Waals surface area contributed by atoms with Gasteiger partial charge in [0.15, 0.2) is 0 Å². The third-order valence-corrected chi connectivity index (χ3v) is 2.67. The van der Waals surface area contributed by atoms with Crippen LogP contribution in [-0.2, 0) is 7.05 Å². The van der Waals surface area contributed by atoms with Crippen LogP contribution in [0.2, 0.25) is 0 Å². The topological polar surface area (TPSA) is 76.9 Å². The summed E-state index contributed by atoms with van der Waals surface area (Å²) < 4.78 is 7.49. The summed E-state index contributed by atoms with van der Waals surface area (Å²) >= 11 is 0. The van der Waals surface area contributed by atoms with Crippen molar-refractivity contribution in [3.8, 4) is 11.6 Å². The molecule has 2 aromatic rings.